The highest BCUT2D eigenvalue weighted by Crippen LogP contribution is 2.24. The molecule has 0 bridgehead atoms. The van der Waals surface area contributed by atoms with Crippen molar-refractivity contribution in [3.63, 3.8) is 0 Å². The van der Waals surface area contributed by atoms with Crippen molar-refractivity contribution in [2.75, 3.05) is 45.7 Å². The molecular weight excluding hydrogens is 477 g/mol. The van der Waals surface area contributed by atoms with Crippen LogP contribution in [0.25, 0.3) is 0 Å². The highest BCUT2D eigenvalue weighted by atomic mass is 127. The average Bonchev–Trinajstić information content (AvgIpc) is 3.26. The Morgan fingerprint density at radius 3 is 2.59 bits per heavy atom. The lowest BCUT2D eigenvalue weighted by Gasteiger charge is -2.33. The molecule has 1 aliphatic heterocycles. The predicted molar refractivity (Wildman–Crippen MR) is 131 cm³/mol. The molecule has 1 saturated heterocycles. The molecule has 1 fully saturated rings. The topological polar surface area (TPSA) is 56.0 Å². The minimum absolute atomic E-state index is 0. The lowest BCUT2D eigenvalue weighted by Crippen LogP contribution is -2.44. The highest BCUT2D eigenvalue weighted by molar-refractivity contribution is 14.0. The van der Waals surface area contributed by atoms with E-state index < -0.39 is 0 Å². The third-order valence-corrected chi connectivity index (χ3v) is 5.28. The summed E-state index contributed by atoms with van der Waals surface area (Å²) in [5.41, 5.74) is 2.43. The fourth-order valence-electron chi connectivity index (χ4n) is 3.66. The van der Waals surface area contributed by atoms with E-state index in [9.17, 15) is 0 Å². The van der Waals surface area contributed by atoms with Crippen LogP contribution in [-0.4, -0.2) is 51.6 Å². The number of guanidine groups is 1. The van der Waals surface area contributed by atoms with Crippen molar-refractivity contribution in [2.24, 2.45) is 4.99 Å². The largest absolute Gasteiger partial charge is 0.468 e. The maximum atomic E-state index is 5.73. The second-order valence-electron chi connectivity index (χ2n) is 7.50. The molecule has 7 heteroatoms. The Morgan fingerprint density at radius 2 is 1.93 bits per heavy atom. The molecule has 1 aliphatic rings. The van der Waals surface area contributed by atoms with Crippen LogP contribution in [0.3, 0.4) is 0 Å². The van der Waals surface area contributed by atoms with Gasteiger partial charge in [0, 0.05) is 39.9 Å². The van der Waals surface area contributed by atoms with Crippen LogP contribution in [0.5, 0.6) is 0 Å². The molecule has 2 aromatic rings. The van der Waals surface area contributed by atoms with E-state index in [0.29, 0.717) is 0 Å². The van der Waals surface area contributed by atoms with E-state index in [4.69, 9.17) is 4.42 Å². The van der Waals surface area contributed by atoms with Crippen molar-refractivity contribution in [2.45, 2.75) is 31.8 Å². The molecule has 2 heterocycles. The molecule has 1 atom stereocenters. The van der Waals surface area contributed by atoms with Gasteiger partial charge in [0.2, 0.25) is 0 Å². The molecule has 2 N–H and O–H groups in total. The quantitative estimate of drug-likeness (QED) is 0.336. The van der Waals surface area contributed by atoms with Crippen LogP contribution in [0.1, 0.15) is 36.6 Å². The molecule has 1 aromatic carbocycles. The number of nitrogens with one attached hydrogen (secondary N) is 2. The van der Waals surface area contributed by atoms with E-state index in [1.165, 1.54) is 30.5 Å². The van der Waals surface area contributed by atoms with Gasteiger partial charge in [-0.1, -0.05) is 18.6 Å². The molecule has 1 aromatic heterocycles. The Morgan fingerprint density at radius 1 is 1.14 bits per heavy atom. The van der Waals surface area contributed by atoms with Gasteiger partial charge < -0.3 is 20.0 Å². The molecule has 6 nitrogen and oxygen atoms in total. The first-order valence-electron chi connectivity index (χ1n) is 10.2. The van der Waals surface area contributed by atoms with Crippen molar-refractivity contribution < 1.29 is 4.42 Å². The molecular formula is C22H34IN5O. The van der Waals surface area contributed by atoms with Gasteiger partial charge in [0.15, 0.2) is 5.96 Å². The molecule has 0 saturated carbocycles. The fraction of sp³-hybridized carbons (Fsp3) is 0.500. The number of anilines is 1. The van der Waals surface area contributed by atoms with E-state index >= 15 is 0 Å². The van der Waals surface area contributed by atoms with Gasteiger partial charge in [-0.05, 0) is 55.8 Å². The number of nitrogens with zero attached hydrogens (tertiary/aromatic N) is 3. The van der Waals surface area contributed by atoms with Gasteiger partial charge >= 0.3 is 0 Å². The molecule has 29 heavy (non-hydrogen) atoms. The molecule has 0 spiro atoms. The van der Waals surface area contributed by atoms with Crippen LogP contribution in [0.15, 0.2) is 52.1 Å². The van der Waals surface area contributed by atoms with Gasteiger partial charge in [0.05, 0.1) is 12.3 Å². The third kappa shape index (κ3) is 6.92. The maximum Gasteiger partial charge on any atom is 0.191 e. The smallest absolute Gasteiger partial charge is 0.191 e. The summed E-state index contributed by atoms with van der Waals surface area (Å²) >= 11 is 0. The van der Waals surface area contributed by atoms with Crippen molar-refractivity contribution in [3.8, 4) is 0 Å². The van der Waals surface area contributed by atoms with Gasteiger partial charge in [-0.25, -0.2) is 0 Å². The minimum Gasteiger partial charge on any atom is -0.468 e. The standard InChI is InChI=1S/C22H33N5O.HI/c1-23-22(24-16-18-9-7-10-19(15-18)26(2)3)25-17-20(21-11-8-14-28-21)27-12-5-4-6-13-27;/h7-11,14-15,20H,4-6,12-13,16-17H2,1-3H3,(H2,23,24,25);1H. The van der Waals surface area contributed by atoms with Crippen LogP contribution in [0.4, 0.5) is 5.69 Å². The van der Waals surface area contributed by atoms with E-state index in [1.807, 2.05) is 13.1 Å². The molecule has 160 valence electrons. The summed E-state index contributed by atoms with van der Waals surface area (Å²) in [6, 6.07) is 12.8. The molecule has 0 amide bonds. The second kappa shape index (κ2) is 12.1. The SMILES string of the molecule is CN=C(NCc1cccc(N(C)C)c1)NCC(c1ccco1)N1CCCCC1.I. The van der Waals surface area contributed by atoms with Crippen LogP contribution >= 0.6 is 24.0 Å². The summed E-state index contributed by atoms with van der Waals surface area (Å²) in [6.45, 7) is 3.74. The molecule has 0 aliphatic carbocycles. The number of rotatable bonds is 7. The number of hydrogen-bond donors (Lipinski definition) is 2. The van der Waals surface area contributed by atoms with Crippen LogP contribution in [0, 0.1) is 0 Å². The lowest BCUT2D eigenvalue weighted by molar-refractivity contribution is 0.146. The van der Waals surface area contributed by atoms with Crippen LogP contribution in [-0.2, 0) is 6.54 Å². The number of aliphatic imine (C=N–C) groups is 1. The Kier molecular flexibility index (Phi) is 9.80. The van der Waals surface area contributed by atoms with Gasteiger partial charge in [-0.3, -0.25) is 9.89 Å². The van der Waals surface area contributed by atoms with E-state index in [0.717, 1.165) is 37.9 Å². The Hall–Kier alpha value is -1.74. The summed E-state index contributed by atoms with van der Waals surface area (Å²) < 4.78 is 5.73. The molecule has 3 rings (SSSR count). The maximum absolute atomic E-state index is 5.73. The zero-order valence-electron chi connectivity index (χ0n) is 17.7. The number of hydrogen-bond acceptors (Lipinski definition) is 4. The summed E-state index contributed by atoms with van der Waals surface area (Å²) in [5, 5.41) is 6.92. The Labute approximate surface area is 191 Å². The summed E-state index contributed by atoms with van der Waals surface area (Å²) in [4.78, 5) is 9.03. The second-order valence-corrected chi connectivity index (χ2v) is 7.50. The normalized spacial score (nSPS) is 16.0. The van der Waals surface area contributed by atoms with Gasteiger partial charge in [-0.15, -0.1) is 24.0 Å². The van der Waals surface area contributed by atoms with Crippen molar-refractivity contribution in [1.29, 1.82) is 0 Å². The number of benzene rings is 1. The zero-order valence-corrected chi connectivity index (χ0v) is 20.1. The lowest BCUT2D eigenvalue weighted by atomic mass is 10.1. The van der Waals surface area contributed by atoms with Crippen LogP contribution in [0.2, 0.25) is 0 Å². The van der Waals surface area contributed by atoms with E-state index in [1.54, 1.807) is 6.26 Å². The number of halogens is 1. The minimum atomic E-state index is 0. The van der Waals surface area contributed by atoms with Gasteiger partial charge in [0.1, 0.15) is 5.76 Å². The monoisotopic (exact) mass is 511 g/mol. The predicted octanol–water partition coefficient (Wildman–Crippen LogP) is 3.86. The van der Waals surface area contributed by atoms with E-state index in [2.05, 4.69) is 69.9 Å². The van der Waals surface area contributed by atoms with Gasteiger partial charge in [0.25, 0.3) is 0 Å². The first-order valence-corrected chi connectivity index (χ1v) is 10.2. The van der Waals surface area contributed by atoms with E-state index in [-0.39, 0.29) is 30.0 Å². The highest BCUT2D eigenvalue weighted by Gasteiger charge is 2.24. The number of furan rings is 1. The number of likely N-dealkylation sites (tertiary alicyclic amines) is 1. The first kappa shape index (κ1) is 23.5. The van der Waals surface area contributed by atoms with Crippen molar-refractivity contribution in [3.05, 3.63) is 54.0 Å². The average molecular weight is 511 g/mol. The fourth-order valence-corrected chi connectivity index (χ4v) is 3.66. The summed E-state index contributed by atoms with van der Waals surface area (Å²) in [7, 11) is 5.93. The molecule has 1 unspecified atom stereocenters. The Bertz CT molecular complexity index is 741. The van der Waals surface area contributed by atoms with Crippen molar-refractivity contribution >= 4 is 35.6 Å². The zero-order chi connectivity index (χ0) is 19.8. The summed E-state index contributed by atoms with van der Waals surface area (Å²) in [6.07, 6.45) is 5.60. The Balaban J connectivity index is 0.00000300. The third-order valence-electron chi connectivity index (χ3n) is 5.28. The molecule has 0 radical (unpaired) electrons. The van der Waals surface area contributed by atoms with Crippen LogP contribution < -0.4 is 15.5 Å². The first-order chi connectivity index (χ1) is 13.7. The van der Waals surface area contributed by atoms with Gasteiger partial charge in [-0.2, -0.15) is 0 Å². The number of piperidine rings is 1. The summed E-state index contributed by atoms with van der Waals surface area (Å²) in [5.74, 6) is 1.83. The van der Waals surface area contributed by atoms with Crippen molar-refractivity contribution in [1.82, 2.24) is 15.5 Å².